The molecule has 0 bridgehead atoms. The molecular weight excluding hydrogens is 327 g/mol. The quantitative estimate of drug-likeness (QED) is 0.602. The van der Waals surface area contributed by atoms with Crippen molar-refractivity contribution < 1.29 is 14.4 Å². The van der Waals surface area contributed by atoms with Crippen LogP contribution in [0.25, 0.3) is 0 Å². The van der Waals surface area contributed by atoms with Gasteiger partial charge in [-0.3, -0.25) is 14.5 Å². The fourth-order valence-electron chi connectivity index (χ4n) is 2.28. The number of benzene rings is 1. The average molecular weight is 343 g/mol. The Balaban J connectivity index is 2.16. The van der Waals surface area contributed by atoms with Gasteiger partial charge in [-0.25, -0.2) is 9.69 Å². The fraction of sp³-hybridized carbons (Fsp3) is 0.400. The van der Waals surface area contributed by atoms with Gasteiger partial charge in [0.2, 0.25) is 5.91 Å². The van der Waals surface area contributed by atoms with E-state index in [4.69, 9.17) is 23.2 Å². The summed E-state index contributed by atoms with van der Waals surface area (Å²) in [5.74, 6) is -0.797. The molecule has 1 saturated heterocycles. The van der Waals surface area contributed by atoms with E-state index in [1.165, 1.54) is 18.2 Å². The summed E-state index contributed by atoms with van der Waals surface area (Å²) >= 11 is 11.8. The molecule has 1 aromatic rings. The van der Waals surface area contributed by atoms with Gasteiger partial charge in [-0.2, -0.15) is 0 Å². The molecule has 0 unspecified atom stereocenters. The van der Waals surface area contributed by atoms with E-state index in [0.29, 0.717) is 16.5 Å². The first-order valence-electron chi connectivity index (χ1n) is 7.07. The summed E-state index contributed by atoms with van der Waals surface area (Å²) in [5, 5.41) is 0.631. The summed E-state index contributed by atoms with van der Waals surface area (Å²) in [7, 11) is 0. The molecule has 0 N–H and O–H groups in total. The number of hydrogen-bond donors (Lipinski definition) is 0. The van der Waals surface area contributed by atoms with Crippen LogP contribution in [0.1, 0.15) is 32.6 Å². The molecule has 1 aliphatic rings. The normalized spacial score (nSPS) is 14.9. The van der Waals surface area contributed by atoms with Gasteiger partial charge in [0.05, 0.1) is 5.69 Å². The summed E-state index contributed by atoms with van der Waals surface area (Å²) in [4.78, 5) is 38.4. The van der Waals surface area contributed by atoms with Crippen LogP contribution in [0.4, 0.5) is 10.5 Å². The first-order valence-corrected chi connectivity index (χ1v) is 7.83. The average Bonchev–Trinajstić information content (AvgIpc) is 2.73. The summed E-state index contributed by atoms with van der Waals surface area (Å²) in [6.07, 6.45) is 2.86. The molecule has 0 aliphatic carbocycles. The molecule has 7 heteroatoms. The molecule has 4 amide bonds. The molecule has 5 nitrogen and oxygen atoms in total. The molecule has 1 aromatic carbocycles. The highest BCUT2D eigenvalue weighted by molar-refractivity contribution is 6.35. The Morgan fingerprint density at radius 3 is 2.36 bits per heavy atom. The molecule has 1 fully saturated rings. The van der Waals surface area contributed by atoms with Crippen molar-refractivity contribution in [1.29, 1.82) is 0 Å². The second kappa shape index (κ2) is 7.11. The van der Waals surface area contributed by atoms with Gasteiger partial charge in [0.25, 0.3) is 5.91 Å². The van der Waals surface area contributed by atoms with Crippen molar-refractivity contribution in [2.45, 2.75) is 32.6 Å². The number of carbonyl (C=O) groups excluding carboxylic acids is 3. The number of nitrogens with zero attached hydrogens (tertiary/aromatic N) is 2. The van der Waals surface area contributed by atoms with E-state index >= 15 is 0 Å². The number of carbonyl (C=O) groups is 3. The van der Waals surface area contributed by atoms with Gasteiger partial charge in [-0.1, -0.05) is 43.0 Å². The zero-order valence-corrected chi connectivity index (χ0v) is 13.7. The molecule has 0 saturated carbocycles. The SMILES string of the molecule is CCCCCC(=O)N1CC(=O)N(c2cc(Cl)cc(Cl)c2)C1=O. The van der Waals surface area contributed by atoms with Crippen molar-refractivity contribution in [1.82, 2.24) is 4.90 Å². The second-order valence-electron chi connectivity index (χ2n) is 5.08. The third kappa shape index (κ3) is 3.59. The van der Waals surface area contributed by atoms with Gasteiger partial charge in [-0.05, 0) is 24.6 Å². The standard InChI is InChI=1S/C15H16Cl2N2O3/c1-2-3-4-5-13(20)18-9-14(21)19(15(18)22)12-7-10(16)6-11(17)8-12/h6-8H,2-5,9H2,1H3. The topological polar surface area (TPSA) is 57.7 Å². The molecule has 2 rings (SSSR count). The van der Waals surface area contributed by atoms with Crippen molar-refractivity contribution in [2.24, 2.45) is 0 Å². The van der Waals surface area contributed by atoms with Crippen molar-refractivity contribution in [2.75, 3.05) is 11.4 Å². The highest BCUT2D eigenvalue weighted by Crippen LogP contribution is 2.28. The number of urea groups is 1. The van der Waals surface area contributed by atoms with Crippen LogP contribution in [-0.4, -0.2) is 29.3 Å². The molecule has 0 radical (unpaired) electrons. The third-order valence-electron chi connectivity index (χ3n) is 3.37. The van der Waals surface area contributed by atoms with Gasteiger partial charge in [0.15, 0.2) is 0 Å². The maximum Gasteiger partial charge on any atom is 0.338 e. The zero-order chi connectivity index (χ0) is 16.3. The number of imide groups is 2. The molecule has 0 spiro atoms. The Bertz CT molecular complexity index is 599. The summed E-state index contributed by atoms with van der Waals surface area (Å²) in [6, 6.07) is 3.79. The number of unbranched alkanes of at least 4 members (excludes halogenated alkanes) is 2. The minimum atomic E-state index is -0.648. The largest absolute Gasteiger partial charge is 0.338 e. The fourth-order valence-corrected chi connectivity index (χ4v) is 2.79. The van der Waals surface area contributed by atoms with Crippen LogP contribution in [0.5, 0.6) is 0 Å². The van der Waals surface area contributed by atoms with Crippen LogP contribution in [0.3, 0.4) is 0 Å². The van der Waals surface area contributed by atoms with Gasteiger partial charge < -0.3 is 0 Å². The van der Waals surface area contributed by atoms with Gasteiger partial charge >= 0.3 is 6.03 Å². The van der Waals surface area contributed by atoms with Crippen LogP contribution in [-0.2, 0) is 9.59 Å². The van der Waals surface area contributed by atoms with Crippen molar-refractivity contribution in [3.63, 3.8) is 0 Å². The maximum absolute atomic E-state index is 12.3. The van der Waals surface area contributed by atoms with Gasteiger partial charge in [0.1, 0.15) is 6.54 Å². The van der Waals surface area contributed by atoms with Crippen LogP contribution in [0, 0.1) is 0 Å². The first-order chi connectivity index (χ1) is 10.4. The lowest BCUT2D eigenvalue weighted by atomic mass is 10.2. The smallest absolute Gasteiger partial charge is 0.274 e. The minimum Gasteiger partial charge on any atom is -0.274 e. The predicted molar refractivity (Wildman–Crippen MR) is 85.2 cm³/mol. The third-order valence-corrected chi connectivity index (χ3v) is 3.80. The second-order valence-corrected chi connectivity index (χ2v) is 5.95. The highest BCUT2D eigenvalue weighted by atomic mass is 35.5. The number of anilines is 1. The van der Waals surface area contributed by atoms with Crippen LogP contribution in [0.2, 0.25) is 10.0 Å². The maximum atomic E-state index is 12.3. The van der Waals surface area contributed by atoms with Gasteiger partial charge in [-0.15, -0.1) is 0 Å². The first kappa shape index (κ1) is 16.8. The van der Waals surface area contributed by atoms with E-state index in [2.05, 4.69) is 0 Å². The van der Waals surface area contributed by atoms with Crippen molar-refractivity contribution >= 4 is 46.7 Å². The summed E-state index contributed by atoms with van der Waals surface area (Å²) in [6.45, 7) is 1.79. The highest BCUT2D eigenvalue weighted by Gasteiger charge is 2.40. The molecule has 1 aliphatic heterocycles. The molecule has 0 aromatic heterocycles. The van der Waals surface area contributed by atoms with E-state index in [0.717, 1.165) is 22.6 Å². The number of halogens is 2. The zero-order valence-electron chi connectivity index (χ0n) is 12.1. The minimum absolute atomic E-state index is 0.242. The number of hydrogen-bond acceptors (Lipinski definition) is 3. The van der Waals surface area contributed by atoms with E-state index in [-0.39, 0.29) is 24.6 Å². The van der Waals surface area contributed by atoms with E-state index in [1.54, 1.807) is 0 Å². The number of amides is 4. The lowest BCUT2D eigenvalue weighted by molar-refractivity contribution is -0.130. The summed E-state index contributed by atoms with van der Waals surface area (Å²) < 4.78 is 0. The number of rotatable bonds is 5. The summed E-state index contributed by atoms with van der Waals surface area (Å²) in [5.41, 5.74) is 0.274. The molecular formula is C15H16Cl2N2O3. The van der Waals surface area contributed by atoms with Crippen LogP contribution >= 0.6 is 23.2 Å². The molecule has 22 heavy (non-hydrogen) atoms. The molecule has 1 heterocycles. The lowest BCUT2D eigenvalue weighted by Gasteiger charge is -2.16. The Morgan fingerprint density at radius 2 is 1.77 bits per heavy atom. The lowest BCUT2D eigenvalue weighted by Crippen LogP contribution is -2.36. The van der Waals surface area contributed by atoms with E-state index < -0.39 is 11.9 Å². The Hall–Kier alpha value is -1.59. The van der Waals surface area contributed by atoms with Crippen molar-refractivity contribution in [3.8, 4) is 0 Å². The molecule has 118 valence electrons. The van der Waals surface area contributed by atoms with Crippen LogP contribution in [0.15, 0.2) is 18.2 Å². The Kier molecular flexibility index (Phi) is 5.42. The van der Waals surface area contributed by atoms with Crippen molar-refractivity contribution in [3.05, 3.63) is 28.2 Å². The van der Waals surface area contributed by atoms with Gasteiger partial charge in [0, 0.05) is 16.5 Å². The monoisotopic (exact) mass is 342 g/mol. The predicted octanol–water partition coefficient (Wildman–Crippen LogP) is 3.87. The Labute approximate surface area is 138 Å². The van der Waals surface area contributed by atoms with Crippen LogP contribution < -0.4 is 4.90 Å². The van der Waals surface area contributed by atoms with E-state index in [9.17, 15) is 14.4 Å². The van der Waals surface area contributed by atoms with E-state index in [1.807, 2.05) is 6.92 Å². The Morgan fingerprint density at radius 1 is 1.14 bits per heavy atom. The molecule has 0 atom stereocenters.